The van der Waals surface area contributed by atoms with Gasteiger partial charge in [0.2, 0.25) is 0 Å². The number of hydrogen-bond donors (Lipinski definition) is 2. The first-order chi connectivity index (χ1) is 10.0. The van der Waals surface area contributed by atoms with Crippen molar-refractivity contribution in [2.75, 3.05) is 17.7 Å². The standard InChI is InChI=1S/C14H13BrFN3O2/c1-2-21-14(20)10-6-9(17)7-18-13(10)19-12-5-8(15)3-4-11(12)16/h3-7H,2,17H2,1H3,(H,18,19). The van der Waals surface area contributed by atoms with E-state index < -0.39 is 11.8 Å². The number of carbonyl (C=O) groups excluding carboxylic acids is 1. The normalized spacial score (nSPS) is 10.2. The van der Waals surface area contributed by atoms with Crippen LogP contribution in [0.3, 0.4) is 0 Å². The van der Waals surface area contributed by atoms with Crippen LogP contribution in [0, 0.1) is 5.82 Å². The minimum atomic E-state index is -0.574. The number of carbonyl (C=O) groups is 1. The maximum Gasteiger partial charge on any atom is 0.341 e. The molecule has 2 rings (SSSR count). The molecule has 5 nitrogen and oxygen atoms in total. The molecule has 0 atom stereocenters. The van der Waals surface area contributed by atoms with Gasteiger partial charge in [0.15, 0.2) is 0 Å². The van der Waals surface area contributed by atoms with Crippen LogP contribution in [-0.2, 0) is 4.74 Å². The zero-order valence-corrected chi connectivity index (χ0v) is 12.8. The Morgan fingerprint density at radius 1 is 1.48 bits per heavy atom. The molecular weight excluding hydrogens is 341 g/mol. The topological polar surface area (TPSA) is 77.2 Å². The molecule has 0 aliphatic carbocycles. The Hall–Kier alpha value is -2.15. The average Bonchev–Trinajstić information content (AvgIpc) is 2.45. The number of nitrogens with two attached hydrogens (primary N) is 1. The average molecular weight is 354 g/mol. The summed E-state index contributed by atoms with van der Waals surface area (Å²) in [4.78, 5) is 15.9. The summed E-state index contributed by atoms with van der Waals surface area (Å²) < 4.78 is 19.4. The molecule has 1 aromatic carbocycles. The quantitative estimate of drug-likeness (QED) is 0.822. The van der Waals surface area contributed by atoms with Crippen LogP contribution in [0.15, 0.2) is 34.9 Å². The first-order valence-corrected chi connectivity index (χ1v) is 6.95. The van der Waals surface area contributed by atoms with Gasteiger partial charge in [0.25, 0.3) is 0 Å². The van der Waals surface area contributed by atoms with Gasteiger partial charge in [-0.05, 0) is 31.2 Å². The zero-order valence-electron chi connectivity index (χ0n) is 11.2. The number of anilines is 3. The fourth-order valence-corrected chi connectivity index (χ4v) is 2.03. The van der Waals surface area contributed by atoms with Crippen LogP contribution in [0.25, 0.3) is 0 Å². The Morgan fingerprint density at radius 3 is 2.95 bits per heavy atom. The summed E-state index contributed by atoms with van der Waals surface area (Å²) in [5, 5.41) is 2.78. The number of esters is 1. The van der Waals surface area contributed by atoms with Gasteiger partial charge in [0, 0.05) is 4.47 Å². The van der Waals surface area contributed by atoms with Gasteiger partial charge in [-0.2, -0.15) is 0 Å². The zero-order chi connectivity index (χ0) is 15.4. The van der Waals surface area contributed by atoms with E-state index in [1.165, 1.54) is 18.3 Å². The number of nitrogen functional groups attached to an aromatic ring is 1. The minimum absolute atomic E-state index is 0.149. The van der Waals surface area contributed by atoms with Crippen molar-refractivity contribution in [2.45, 2.75) is 6.92 Å². The highest BCUT2D eigenvalue weighted by atomic mass is 79.9. The number of halogens is 2. The monoisotopic (exact) mass is 353 g/mol. The number of benzene rings is 1. The number of hydrogen-bond acceptors (Lipinski definition) is 5. The highest BCUT2D eigenvalue weighted by Crippen LogP contribution is 2.26. The Labute approximate surface area is 129 Å². The van der Waals surface area contributed by atoms with Crippen molar-refractivity contribution in [3.8, 4) is 0 Å². The van der Waals surface area contributed by atoms with Gasteiger partial charge in [-0.15, -0.1) is 0 Å². The summed E-state index contributed by atoms with van der Waals surface area (Å²) >= 11 is 3.25. The predicted octanol–water partition coefficient (Wildman–Crippen LogP) is 3.49. The molecule has 3 N–H and O–H groups in total. The highest BCUT2D eigenvalue weighted by molar-refractivity contribution is 9.10. The Balaban J connectivity index is 2.39. The lowest BCUT2D eigenvalue weighted by Gasteiger charge is -2.12. The molecule has 0 saturated carbocycles. The molecule has 7 heteroatoms. The first-order valence-electron chi connectivity index (χ1n) is 6.16. The number of nitrogens with one attached hydrogen (secondary N) is 1. The molecule has 0 radical (unpaired) electrons. The number of ether oxygens (including phenoxy) is 1. The molecule has 2 aromatic rings. The summed E-state index contributed by atoms with van der Waals surface area (Å²) in [7, 11) is 0. The molecule has 0 spiro atoms. The second-order valence-corrected chi connectivity index (χ2v) is 5.05. The van der Waals surface area contributed by atoms with E-state index in [9.17, 15) is 9.18 Å². The third kappa shape index (κ3) is 3.69. The maximum atomic E-state index is 13.8. The predicted molar refractivity (Wildman–Crippen MR) is 82.0 cm³/mol. The third-order valence-corrected chi connectivity index (χ3v) is 3.08. The number of rotatable bonds is 4. The van der Waals surface area contributed by atoms with Crippen molar-refractivity contribution in [3.63, 3.8) is 0 Å². The number of aromatic nitrogens is 1. The van der Waals surface area contributed by atoms with Gasteiger partial charge in [-0.1, -0.05) is 15.9 Å². The SMILES string of the molecule is CCOC(=O)c1cc(N)cnc1Nc1cc(Br)ccc1F. The molecule has 0 bridgehead atoms. The van der Waals surface area contributed by atoms with Crippen molar-refractivity contribution in [1.29, 1.82) is 0 Å². The van der Waals surface area contributed by atoms with E-state index in [1.54, 1.807) is 19.1 Å². The van der Waals surface area contributed by atoms with E-state index in [1.807, 2.05) is 0 Å². The fourth-order valence-electron chi connectivity index (χ4n) is 1.67. The van der Waals surface area contributed by atoms with Crippen LogP contribution < -0.4 is 11.1 Å². The lowest BCUT2D eigenvalue weighted by atomic mass is 10.2. The van der Waals surface area contributed by atoms with E-state index >= 15 is 0 Å². The summed E-state index contributed by atoms with van der Waals surface area (Å²) in [6.45, 7) is 1.91. The summed E-state index contributed by atoms with van der Waals surface area (Å²) in [6, 6.07) is 5.85. The maximum absolute atomic E-state index is 13.8. The largest absolute Gasteiger partial charge is 0.462 e. The molecular formula is C14H13BrFN3O2. The number of nitrogens with zero attached hydrogens (tertiary/aromatic N) is 1. The Bertz CT molecular complexity index is 679. The van der Waals surface area contributed by atoms with Crippen molar-refractivity contribution in [2.24, 2.45) is 0 Å². The van der Waals surface area contributed by atoms with E-state index in [0.717, 1.165) is 0 Å². The van der Waals surface area contributed by atoms with Crippen LogP contribution in [0.4, 0.5) is 21.6 Å². The van der Waals surface area contributed by atoms with Gasteiger partial charge < -0.3 is 15.8 Å². The third-order valence-electron chi connectivity index (χ3n) is 2.59. The molecule has 0 saturated heterocycles. The van der Waals surface area contributed by atoms with Crippen LogP contribution in [0.5, 0.6) is 0 Å². The molecule has 0 fully saturated rings. The van der Waals surface area contributed by atoms with Gasteiger partial charge in [0.1, 0.15) is 17.2 Å². The van der Waals surface area contributed by atoms with Gasteiger partial charge >= 0.3 is 5.97 Å². The van der Waals surface area contributed by atoms with Crippen molar-refractivity contribution in [1.82, 2.24) is 4.98 Å². The van der Waals surface area contributed by atoms with Crippen LogP contribution in [0.1, 0.15) is 17.3 Å². The Kier molecular flexibility index (Phi) is 4.74. The van der Waals surface area contributed by atoms with Crippen molar-refractivity contribution in [3.05, 3.63) is 46.3 Å². The smallest absolute Gasteiger partial charge is 0.341 e. The number of pyridine rings is 1. The summed E-state index contributed by atoms with van der Waals surface area (Å²) in [5.41, 5.74) is 6.28. The van der Waals surface area contributed by atoms with E-state index in [0.29, 0.717) is 10.2 Å². The van der Waals surface area contributed by atoms with E-state index in [2.05, 4.69) is 26.2 Å². The second-order valence-electron chi connectivity index (χ2n) is 4.13. The van der Waals surface area contributed by atoms with Gasteiger partial charge in [0.05, 0.1) is 24.2 Å². The molecule has 1 aromatic heterocycles. The lowest BCUT2D eigenvalue weighted by Crippen LogP contribution is -2.10. The minimum Gasteiger partial charge on any atom is -0.462 e. The van der Waals surface area contributed by atoms with E-state index in [-0.39, 0.29) is 23.7 Å². The molecule has 0 amide bonds. The molecule has 0 unspecified atom stereocenters. The summed E-state index contributed by atoms with van der Waals surface area (Å²) in [5.74, 6) is -0.860. The molecule has 21 heavy (non-hydrogen) atoms. The van der Waals surface area contributed by atoms with Crippen LogP contribution >= 0.6 is 15.9 Å². The van der Waals surface area contributed by atoms with E-state index in [4.69, 9.17) is 10.5 Å². The summed E-state index contributed by atoms with van der Waals surface area (Å²) in [6.07, 6.45) is 1.38. The van der Waals surface area contributed by atoms with Crippen LogP contribution in [0.2, 0.25) is 0 Å². The first kappa shape index (κ1) is 15.2. The fraction of sp³-hybridized carbons (Fsp3) is 0.143. The molecule has 0 aliphatic heterocycles. The van der Waals surface area contributed by atoms with Crippen LogP contribution in [-0.4, -0.2) is 17.6 Å². The van der Waals surface area contributed by atoms with Crippen molar-refractivity contribution < 1.29 is 13.9 Å². The highest BCUT2D eigenvalue weighted by Gasteiger charge is 2.16. The Morgan fingerprint density at radius 2 is 2.24 bits per heavy atom. The van der Waals surface area contributed by atoms with Crippen molar-refractivity contribution >= 4 is 39.1 Å². The van der Waals surface area contributed by atoms with Gasteiger partial charge in [-0.3, -0.25) is 0 Å². The second kappa shape index (κ2) is 6.53. The molecule has 0 aliphatic rings. The lowest BCUT2D eigenvalue weighted by molar-refractivity contribution is 0.0527. The molecule has 1 heterocycles. The molecule has 110 valence electrons. The van der Waals surface area contributed by atoms with Gasteiger partial charge in [-0.25, -0.2) is 14.2 Å².